The Morgan fingerprint density at radius 3 is 2.71 bits per heavy atom. The summed E-state index contributed by atoms with van der Waals surface area (Å²) in [6, 6.07) is 5.61. The van der Waals surface area contributed by atoms with Gasteiger partial charge >= 0.3 is 0 Å². The summed E-state index contributed by atoms with van der Waals surface area (Å²) in [5, 5.41) is 3.47. The molecule has 0 bridgehead atoms. The van der Waals surface area contributed by atoms with E-state index >= 15 is 0 Å². The lowest BCUT2D eigenvalue weighted by atomic mass is 10.1. The summed E-state index contributed by atoms with van der Waals surface area (Å²) >= 11 is 0. The Morgan fingerprint density at radius 1 is 1.35 bits per heavy atom. The van der Waals surface area contributed by atoms with Gasteiger partial charge in [-0.1, -0.05) is 13.8 Å². The van der Waals surface area contributed by atoms with Gasteiger partial charge in [0.25, 0.3) is 0 Å². The summed E-state index contributed by atoms with van der Waals surface area (Å²) in [4.78, 5) is 0. The van der Waals surface area contributed by atoms with Crippen molar-refractivity contribution >= 4 is 6.21 Å². The van der Waals surface area contributed by atoms with Crippen molar-refractivity contribution in [2.45, 2.75) is 20.3 Å². The van der Waals surface area contributed by atoms with Crippen LogP contribution in [0.25, 0.3) is 0 Å². The maximum Gasteiger partial charge on any atom is 0.161 e. The number of ether oxygens (including phenoxy) is 2. The molecule has 0 unspecified atom stereocenters. The number of nitrogens with zero attached hydrogens (tertiary/aromatic N) is 1. The summed E-state index contributed by atoms with van der Waals surface area (Å²) in [7, 11) is 1.62. The first-order valence-corrected chi connectivity index (χ1v) is 5.71. The highest BCUT2D eigenvalue weighted by Crippen LogP contribution is 2.27. The van der Waals surface area contributed by atoms with Crippen molar-refractivity contribution in [2.24, 2.45) is 16.9 Å². The molecule has 0 aliphatic rings. The van der Waals surface area contributed by atoms with Crippen molar-refractivity contribution in [2.75, 3.05) is 13.7 Å². The molecule has 1 aromatic rings. The van der Waals surface area contributed by atoms with Crippen molar-refractivity contribution in [3.8, 4) is 11.5 Å². The molecule has 2 N–H and O–H groups in total. The predicted molar refractivity (Wildman–Crippen MR) is 69.7 cm³/mol. The molecule has 0 aliphatic carbocycles. The van der Waals surface area contributed by atoms with E-state index in [4.69, 9.17) is 15.3 Å². The molecule has 94 valence electrons. The molecule has 17 heavy (non-hydrogen) atoms. The van der Waals surface area contributed by atoms with Gasteiger partial charge in [0, 0.05) is 0 Å². The van der Waals surface area contributed by atoms with Crippen LogP contribution in [0.3, 0.4) is 0 Å². The van der Waals surface area contributed by atoms with E-state index in [-0.39, 0.29) is 0 Å². The van der Waals surface area contributed by atoms with Gasteiger partial charge in [-0.15, -0.1) is 0 Å². The summed E-state index contributed by atoms with van der Waals surface area (Å²) in [6.45, 7) is 5.03. The van der Waals surface area contributed by atoms with Gasteiger partial charge in [-0.25, -0.2) is 0 Å². The molecule has 0 aliphatic heterocycles. The molecule has 0 radical (unpaired) electrons. The van der Waals surface area contributed by atoms with Gasteiger partial charge in [0.05, 0.1) is 19.9 Å². The molecular formula is C13H20N2O2. The summed E-state index contributed by atoms with van der Waals surface area (Å²) in [5.41, 5.74) is 0.889. The molecule has 0 saturated carbocycles. The SMILES string of the molecule is COc1cc(C=NN)ccc1OCCC(C)C. The zero-order valence-electron chi connectivity index (χ0n) is 10.6. The zero-order chi connectivity index (χ0) is 12.7. The van der Waals surface area contributed by atoms with E-state index in [1.807, 2.05) is 18.2 Å². The van der Waals surface area contributed by atoms with Crippen LogP contribution in [-0.2, 0) is 0 Å². The average Bonchev–Trinajstić information content (AvgIpc) is 2.30. The number of hydrazone groups is 1. The highest BCUT2D eigenvalue weighted by atomic mass is 16.5. The Kier molecular flexibility index (Phi) is 5.33. The van der Waals surface area contributed by atoms with Gasteiger partial charge in [0.2, 0.25) is 0 Å². The number of hydrogen-bond donors (Lipinski definition) is 1. The highest BCUT2D eigenvalue weighted by Gasteiger charge is 2.05. The lowest BCUT2D eigenvalue weighted by Gasteiger charge is -2.12. The lowest BCUT2D eigenvalue weighted by Crippen LogP contribution is -2.03. The molecule has 0 fully saturated rings. The second-order valence-electron chi connectivity index (χ2n) is 4.22. The minimum absolute atomic E-state index is 0.629. The zero-order valence-corrected chi connectivity index (χ0v) is 10.6. The minimum atomic E-state index is 0.629. The Hall–Kier alpha value is -1.71. The van der Waals surface area contributed by atoms with E-state index in [9.17, 15) is 0 Å². The highest BCUT2D eigenvalue weighted by molar-refractivity contribution is 5.80. The van der Waals surface area contributed by atoms with Crippen LogP contribution >= 0.6 is 0 Å². The number of benzene rings is 1. The monoisotopic (exact) mass is 236 g/mol. The number of hydrogen-bond acceptors (Lipinski definition) is 4. The number of rotatable bonds is 6. The van der Waals surface area contributed by atoms with Crippen LogP contribution in [-0.4, -0.2) is 19.9 Å². The smallest absolute Gasteiger partial charge is 0.161 e. The van der Waals surface area contributed by atoms with Crippen molar-refractivity contribution in [3.63, 3.8) is 0 Å². The lowest BCUT2D eigenvalue weighted by molar-refractivity contribution is 0.273. The Labute approximate surface area is 102 Å². The molecule has 0 atom stereocenters. The summed E-state index contributed by atoms with van der Waals surface area (Å²) in [6.07, 6.45) is 2.59. The van der Waals surface area contributed by atoms with Crippen molar-refractivity contribution in [3.05, 3.63) is 23.8 Å². The largest absolute Gasteiger partial charge is 0.493 e. The van der Waals surface area contributed by atoms with E-state index < -0.39 is 0 Å². The van der Waals surface area contributed by atoms with Gasteiger partial charge < -0.3 is 15.3 Å². The van der Waals surface area contributed by atoms with E-state index in [1.54, 1.807) is 13.3 Å². The van der Waals surface area contributed by atoms with Crippen molar-refractivity contribution < 1.29 is 9.47 Å². The normalized spacial score (nSPS) is 11.1. The fourth-order valence-electron chi connectivity index (χ4n) is 1.37. The van der Waals surface area contributed by atoms with Gasteiger partial charge in [0.1, 0.15) is 0 Å². The molecular weight excluding hydrogens is 216 g/mol. The predicted octanol–water partition coefficient (Wildman–Crippen LogP) is 2.41. The molecule has 0 amide bonds. The Morgan fingerprint density at radius 2 is 2.12 bits per heavy atom. The van der Waals surface area contributed by atoms with E-state index in [2.05, 4.69) is 18.9 Å². The Balaban J connectivity index is 2.71. The van der Waals surface area contributed by atoms with Crippen LogP contribution < -0.4 is 15.3 Å². The van der Waals surface area contributed by atoms with E-state index in [1.165, 1.54) is 0 Å². The first-order chi connectivity index (χ1) is 8.17. The number of nitrogens with two attached hydrogens (primary N) is 1. The first-order valence-electron chi connectivity index (χ1n) is 5.71. The van der Waals surface area contributed by atoms with E-state index in [0.717, 1.165) is 17.7 Å². The van der Waals surface area contributed by atoms with Crippen molar-refractivity contribution in [1.29, 1.82) is 0 Å². The van der Waals surface area contributed by atoms with Crippen LogP contribution in [0, 0.1) is 5.92 Å². The van der Waals surface area contributed by atoms with Crippen molar-refractivity contribution in [1.82, 2.24) is 0 Å². The third kappa shape index (κ3) is 4.34. The van der Waals surface area contributed by atoms with Crippen LogP contribution in [0.1, 0.15) is 25.8 Å². The van der Waals surface area contributed by atoms with Gasteiger partial charge in [-0.2, -0.15) is 5.10 Å². The van der Waals surface area contributed by atoms with Gasteiger partial charge in [0.15, 0.2) is 11.5 Å². The second kappa shape index (κ2) is 6.78. The van der Waals surface area contributed by atoms with Crippen LogP contribution in [0.5, 0.6) is 11.5 Å². The van der Waals surface area contributed by atoms with Gasteiger partial charge in [-0.05, 0) is 36.1 Å². The third-order valence-electron chi connectivity index (χ3n) is 2.36. The van der Waals surface area contributed by atoms with E-state index in [0.29, 0.717) is 18.3 Å². The fourth-order valence-corrected chi connectivity index (χ4v) is 1.37. The maximum absolute atomic E-state index is 5.67. The molecule has 4 heteroatoms. The molecule has 1 rings (SSSR count). The maximum atomic E-state index is 5.67. The molecule has 0 spiro atoms. The van der Waals surface area contributed by atoms with Gasteiger partial charge in [-0.3, -0.25) is 0 Å². The minimum Gasteiger partial charge on any atom is -0.493 e. The standard InChI is InChI=1S/C13H20N2O2/c1-10(2)6-7-17-12-5-4-11(9-15-14)8-13(12)16-3/h4-5,8-10H,6-7,14H2,1-3H3. The fraction of sp³-hybridized carbons (Fsp3) is 0.462. The molecule has 4 nitrogen and oxygen atoms in total. The quantitative estimate of drug-likeness (QED) is 0.469. The Bertz CT molecular complexity index is 376. The third-order valence-corrected chi connectivity index (χ3v) is 2.36. The van der Waals surface area contributed by atoms with Crippen LogP contribution in [0.15, 0.2) is 23.3 Å². The molecule has 0 saturated heterocycles. The number of methoxy groups -OCH3 is 1. The molecule has 1 aromatic carbocycles. The average molecular weight is 236 g/mol. The summed E-state index contributed by atoms with van der Waals surface area (Å²) in [5.74, 6) is 7.18. The summed E-state index contributed by atoms with van der Waals surface area (Å²) < 4.78 is 10.9. The topological polar surface area (TPSA) is 56.8 Å². The first kappa shape index (κ1) is 13.4. The van der Waals surface area contributed by atoms with Crippen LogP contribution in [0.4, 0.5) is 0 Å². The molecule has 0 heterocycles. The van der Waals surface area contributed by atoms with Crippen LogP contribution in [0.2, 0.25) is 0 Å². The second-order valence-corrected chi connectivity index (χ2v) is 4.22. The molecule has 0 aromatic heterocycles.